The SMILES string of the molecule is CC(C)C[C@H](OP(=O)(O)O)[C@H](CC(C)C)OP(=O)(O)O. The normalized spacial score (nSPS) is 16.7. The van der Waals surface area contributed by atoms with Crippen molar-refractivity contribution < 1.29 is 37.8 Å². The summed E-state index contributed by atoms with van der Waals surface area (Å²) < 4.78 is 31.3. The quantitative estimate of drug-likeness (QED) is 0.471. The van der Waals surface area contributed by atoms with E-state index in [0.717, 1.165) is 0 Å². The maximum Gasteiger partial charge on any atom is 0.469 e. The monoisotopic (exact) mass is 334 g/mol. The highest BCUT2D eigenvalue weighted by Crippen LogP contribution is 2.45. The summed E-state index contributed by atoms with van der Waals surface area (Å²) in [6.45, 7) is 7.22. The Balaban J connectivity index is 5.15. The maximum absolute atomic E-state index is 11.0. The Morgan fingerprint density at radius 2 is 1.00 bits per heavy atom. The fourth-order valence-electron chi connectivity index (χ4n) is 1.81. The number of phosphoric acid groups is 2. The number of hydrogen-bond donors (Lipinski definition) is 4. The van der Waals surface area contributed by atoms with Crippen molar-refractivity contribution in [3.63, 3.8) is 0 Å². The van der Waals surface area contributed by atoms with Crippen LogP contribution in [0.3, 0.4) is 0 Å². The molecule has 2 atom stereocenters. The molecule has 4 N–H and O–H groups in total. The van der Waals surface area contributed by atoms with Crippen LogP contribution in [-0.2, 0) is 18.2 Å². The zero-order valence-corrected chi connectivity index (χ0v) is 13.8. The van der Waals surface area contributed by atoms with Gasteiger partial charge in [-0.3, -0.25) is 9.05 Å². The third kappa shape index (κ3) is 10.9. The van der Waals surface area contributed by atoms with Crippen molar-refractivity contribution in [3.8, 4) is 0 Å². The van der Waals surface area contributed by atoms with E-state index >= 15 is 0 Å². The van der Waals surface area contributed by atoms with E-state index in [0.29, 0.717) is 0 Å². The summed E-state index contributed by atoms with van der Waals surface area (Å²) in [6.07, 6.45) is -1.76. The standard InChI is InChI=1S/C10H24O8P2/c1-7(2)5-9(17-19(11,12)13)10(6-8(3)4)18-20(14,15)16/h7-10H,5-6H2,1-4H3,(H2,11,12,13)(H2,14,15,16)/t9-,10-/m0/s1. The van der Waals surface area contributed by atoms with Gasteiger partial charge in [0.2, 0.25) is 0 Å². The van der Waals surface area contributed by atoms with Crippen LogP contribution in [0.1, 0.15) is 40.5 Å². The lowest BCUT2D eigenvalue weighted by Gasteiger charge is -2.29. The van der Waals surface area contributed by atoms with Crippen LogP contribution < -0.4 is 0 Å². The fraction of sp³-hybridized carbons (Fsp3) is 1.00. The van der Waals surface area contributed by atoms with Gasteiger partial charge in [-0.1, -0.05) is 27.7 Å². The molecule has 10 heteroatoms. The lowest BCUT2D eigenvalue weighted by atomic mass is 9.96. The fourth-order valence-corrected chi connectivity index (χ4v) is 2.96. The first-order chi connectivity index (χ1) is 8.80. The Bertz CT molecular complexity index is 335. The molecule has 0 amide bonds. The predicted molar refractivity (Wildman–Crippen MR) is 72.7 cm³/mol. The zero-order chi connectivity index (χ0) is 16.1. The molecule has 0 aromatic rings. The zero-order valence-electron chi connectivity index (χ0n) is 12.0. The molecule has 0 rings (SSSR count). The van der Waals surface area contributed by atoms with E-state index in [2.05, 4.69) is 9.05 Å². The second-order valence-electron chi connectivity index (χ2n) is 5.53. The number of hydrogen-bond acceptors (Lipinski definition) is 4. The average Bonchev–Trinajstić information content (AvgIpc) is 2.09. The largest absolute Gasteiger partial charge is 0.469 e. The van der Waals surface area contributed by atoms with Gasteiger partial charge in [-0.25, -0.2) is 9.13 Å². The van der Waals surface area contributed by atoms with Crippen molar-refractivity contribution in [2.45, 2.75) is 52.7 Å². The average molecular weight is 334 g/mol. The van der Waals surface area contributed by atoms with E-state index in [-0.39, 0.29) is 24.7 Å². The summed E-state index contributed by atoms with van der Waals surface area (Å²) in [7, 11) is -9.55. The maximum atomic E-state index is 11.0. The molecular formula is C10H24O8P2. The Hall–Kier alpha value is 0.220. The second kappa shape index (κ2) is 8.01. The van der Waals surface area contributed by atoms with E-state index in [4.69, 9.17) is 19.6 Å². The minimum absolute atomic E-state index is 0.0154. The topological polar surface area (TPSA) is 134 Å². The van der Waals surface area contributed by atoms with Crippen LogP contribution in [0.5, 0.6) is 0 Å². The number of rotatable bonds is 9. The first kappa shape index (κ1) is 20.2. The van der Waals surface area contributed by atoms with E-state index in [9.17, 15) is 9.13 Å². The van der Waals surface area contributed by atoms with Gasteiger partial charge < -0.3 is 19.6 Å². The third-order valence-electron chi connectivity index (χ3n) is 2.37. The van der Waals surface area contributed by atoms with Gasteiger partial charge in [0.15, 0.2) is 0 Å². The van der Waals surface area contributed by atoms with Gasteiger partial charge in [-0.05, 0) is 24.7 Å². The summed E-state index contributed by atoms with van der Waals surface area (Å²) in [5.41, 5.74) is 0. The predicted octanol–water partition coefficient (Wildman–Crippen LogP) is 2.03. The highest BCUT2D eigenvalue weighted by atomic mass is 31.2. The van der Waals surface area contributed by atoms with Crippen LogP contribution >= 0.6 is 15.6 Å². The van der Waals surface area contributed by atoms with Crippen LogP contribution in [-0.4, -0.2) is 31.8 Å². The molecule has 0 unspecified atom stereocenters. The van der Waals surface area contributed by atoms with Crippen molar-refractivity contribution in [2.24, 2.45) is 11.8 Å². The summed E-state index contributed by atoms with van der Waals surface area (Å²) in [6, 6.07) is 0. The van der Waals surface area contributed by atoms with Crippen molar-refractivity contribution in [1.29, 1.82) is 0 Å². The molecule has 8 nitrogen and oxygen atoms in total. The van der Waals surface area contributed by atoms with E-state index in [1.165, 1.54) is 0 Å². The van der Waals surface area contributed by atoms with Gasteiger partial charge in [0, 0.05) is 0 Å². The Morgan fingerprint density at radius 3 is 1.15 bits per heavy atom. The van der Waals surface area contributed by atoms with Crippen molar-refractivity contribution in [1.82, 2.24) is 0 Å². The van der Waals surface area contributed by atoms with E-state index < -0.39 is 27.9 Å². The van der Waals surface area contributed by atoms with Crippen molar-refractivity contribution >= 4 is 15.6 Å². The molecule has 0 spiro atoms. The molecule has 0 aromatic heterocycles. The highest BCUT2D eigenvalue weighted by molar-refractivity contribution is 7.46. The molecule has 0 fully saturated rings. The molecular weight excluding hydrogens is 310 g/mol. The molecule has 0 bridgehead atoms. The third-order valence-corrected chi connectivity index (χ3v) is 3.46. The van der Waals surface area contributed by atoms with Crippen LogP contribution in [0.4, 0.5) is 0 Å². The van der Waals surface area contributed by atoms with Crippen molar-refractivity contribution in [3.05, 3.63) is 0 Å². The second-order valence-corrected chi connectivity index (χ2v) is 7.91. The van der Waals surface area contributed by atoms with Crippen LogP contribution in [0.15, 0.2) is 0 Å². The van der Waals surface area contributed by atoms with Crippen LogP contribution in [0.25, 0.3) is 0 Å². The smallest absolute Gasteiger partial charge is 0.303 e. The summed E-state index contributed by atoms with van der Waals surface area (Å²) in [5.74, 6) is 0.0307. The summed E-state index contributed by atoms with van der Waals surface area (Å²) in [5, 5.41) is 0. The Kier molecular flexibility index (Phi) is 8.10. The van der Waals surface area contributed by atoms with Crippen LogP contribution in [0, 0.1) is 11.8 Å². The lowest BCUT2D eigenvalue weighted by molar-refractivity contribution is -0.00448. The molecule has 0 aliphatic heterocycles. The van der Waals surface area contributed by atoms with Gasteiger partial charge in [-0.2, -0.15) is 0 Å². The van der Waals surface area contributed by atoms with Gasteiger partial charge in [0.1, 0.15) is 0 Å². The minimum Gasteiger partial charge on any atom is -0.303 e. The highest BCUT2D eigenvalue weighted by Gasteiger charge is 2.35. The minimum atomic E-state index is -4.77. The summed E-state index contributed by atoms with van der Waals surface area (Å²) >= 11 is 0. The molecule has 20 heavy (non-hydrogen) atoms. The first-order valence-electron chi connectivity index (χ1n) is 6.28. The molecule has 0 saturated carbocycles. The summed E-state index contributed by atoms with van der Waals surface area (Å²) in [4.78, 5) is 35.7. The number of phosphoric ester groups is 2. The Labute approximate surface area is 119 Å². The molecule has 0 radical (unpaired) electrons. The first-order valence-corrected chi connectivity index (χ1v) is 9.34. The van der Waals surface area contributed by atoms with Gasteiger partial charge in [-0.15, -0.1) is 0 Å². The van der Waals surface area contributed by atoms with Crippen LogP contribution in [0.2, 0.25) is 0 Å². The Morgan fingerprint density at radius 1 is 0.750 bits per heavy atom. The molecule has 122 valence electrons. The molecule has 0 aromatic carbocycles. The van der Waals surface area contributed by atoms with Gasteiger partial charge in [0.05, 0.1) is 12.2 Å². The van der Waals surface area contributed by atoms with E-state index in [1.54, 1.807) is 27.7 Å². The molecule has 0 aliphatic carbocycles. The lowest BCUT2D eigenvalue weighted by Crippen LogP contribution is -2.33. The molecule has 0 aliphatic rings. The molecule has 0 saturated heterocycles. The van der Waals surface area contributed by atoms with Crippen molar-refractivity contribution in [2.75, 3.05) is 0 Å². The van der Waals surface area contributed by atoms with Gasteiger partial charge >= 0.3 is 15.6 Å². The van der Waals surface area contributed by atoms with Gasteiger partial charge in [0.25, 0.3) is 0 Å². The molecule has 0 heterocycles. The van der Waals surface area contributed by atoms with E-state index in [1.807, 2.05) is 0 Å².